The number of aromatic nitrogens is 3. The SMILES string of the molecule is CCN(CC)C(=O)C(C)Sc1nnc(C(C)(C)C)n1N. The Morgan fingerprint density at radius 2 is 1.90 bits per heavy atom. The first kappa shape index (κ1) is 16.8. The van der Waals surface area contributed by atoms with Crippen LogP contribution in [0.1, 0.15) is 47.4 Å². The molecule has 1 aromatic heterocycles. The molecule has 1 atom stereocenters. The third kappa shape index (κ3) is 3.65. The van der Waals surface area contributed by atoms with Crippen LogP contribution < -0.4 is 5.84 Å². The lowest BCUT2D eigenvalue weighted by Crippen LogP contribution is -2.36. The fourth-order valence-corrected chi connectivity index (χ4v) is 2.72. The summed E-state index contributed by atoms with van der Waals surface area (Å²) in [5, 5.41) is 8.57. The van der Waals surface area contributed by atoms with E-state index >= 15 is 0 Å². The Bertz CT molecular complexity index is 462. The van der Waals surface area contributed by atoms with E-state index in [1.54, 1.807) is 4.90 Å². The molecule has 0 radical (unpaired) electrons. The Hall–Kier alpha value is -1.24. The number of rotatable bonds is 5. The maximum atomic E-state index is 12.2. The van der Waals surface area contributed by atoms with Crippen molar-refractivity contribution in [3.8, 4) is 0 Å². The molecule has 0 aliphatic carbocycles. The molecule has 1 unspecified atom stereocenters. The second-order valence-corrected chi connectivity index (χ2v) is 7.00. The second kappa shape index (κ2) is 6.47. The van der Waals surface area contributed by atoms with Crippen molar-refractivity contribution < 1.29 is 4.79 Å². The van der Waals surface area contributed by atoms with Crippen molar-refractivity contribution in [2.45, 2.75) is 57.4 Å². The smallest absolute Gasteiger partial charge is 0.235 e. The van der Waals surface area contributed by atoms with E-state index in [2.05, 4.69) is 10.2 Å². The van der Waals surface area contributed by atoms with Gasteiger partial charge in [0.15, 0.2) is 5.82 Å². The molecule has 0 bridgehead atoms. The van der Waals surface area contributed by atoms with E-state index in [0.717, 1.165) is 0 Å². The topological polar surface area (TPSA) is 77.0 Å². The number of nitrogens with zero attached hydrogens (tertiary/aromatic N) is 4. The highest BCUT2D eigenvalue weighted by atomic mass is 32.2. The van der Waals surface area contributed by atoms with Crippen LogP contribution >= 0.6 is 11.8 Å². The highest BCUT2D eigenvalue weighted by Gasteiger charge is 2.26. The molecular formula is C13H25N5OS. The van der Waals surface area contributed by atoms with Gasteiger partial charge in [0.25, 0.3) is 0 Å². The average Bonchev–Trinajstić information content (AvgIpc) is 2.72. The van der Waals surface area contributed by atoms with Crippen LogP contribution in [0.2, 0.25) is 0 Å². The summed E-state index contributed by atoms with van der Waals surface area (Å²) in [6.45, 7) is 13.3. The van der Waals surface area contributed by atoms with E-state index in [1.807, 2.05) is 41.5 Å². The lowest BCUT2D eigenvalue weighted by atomic mass is 9.96. The zero-order valence-electron chi connectivity index (χ0n) is 13.2. The zero-order chi connectivity index (χ0) is 15.5. The van der Waals surface area contributed by atoms with Crippen LogP contribution in [0.3, 0.4) is 0 Å². The molecule has 1 aromatic rings. The number of hydrogen-bond acceptors (Lipinski definition) is 5. The van der Waals surface area contributed by atoms with Gasteiger partial charge in [0.05, 0.1) is 5.25 Å². The molecule has 0 aromatic carbocycles. The van der Waals surface area contributed by atoms with Gasteiger partial charge in [-0.2, -0.15) is 0 Å². The average molecular weight is 299 g/mol. The van der Waals surface area contributed by atoms with Gasteiger partial charge in [0, 0.05) is 18.5 Å². The maximum Gasteiger partial charge on any atom is 0.235 e. The van der Waals surface area contributed by atoms with Gasteiger partial charge in [0.1, 0.15) is 0 Å². The van der Waals surface area contributed by atoms with Gasteiger partial charge in [0.2, 0.25) is 11.1 Å². The second-order valence-electron chi connectivity index (χ2n) is 5.70. The lowest BCUT2D eigenvalue weighted by molar-refractivity contribution is -0.129. The predicted molar refractivity (Wildman–Crippen MR) is 82.1 cm³/mol. The van der Waals surface area contributed by atoms with E-state index < -0.39 is 0 Å². The summed E-state index contributed by atoms with van der Waals surface area (Å²) in [6.07, 6.45) is 0. The standard InChI is InChI=1S/C13H25N5OS/c1-7-17(8-2)10(19)9(3)20-12-16-15-11(18(12)14)13(4,5)6/h9H,7-8,14H2,1-6H3. The molecule has 0 saturated carbocycles. The molecule has 0 spiro atoms. The van der Waals surface area contributed by atoms with Crippen molar-refractivity contribution in [1.82, 2.24) is 19.8 Å². The molecule has 1 heterocycles. The fourth-order valence-electron chi connectivity index (χ4n) is 1.87. The Labute approximate surface area is 125 Å². The van der Waals surface area contributed by atoms with Gasteiger partial charge in [-0.05, 0) is 20.8 Å². The first-order chi connectivity index (χ1) is 9.22. The monoisotopic (exact) mass is 299 g/mol. The van der Waals surface area contributed by atoms with Crippen LogP contribution in [-0.2, 0) is 10.2 Å². The quantitative estimate of drug-likeness (QED) is 0.660. The lowest BCUT2D eigenvalue weighted by Gasteiger charge is -2.22. The summed E-state index contributed by atoms with van der Waals surface area (Å²) in [6, 6.07) is 0. The van der Waals surface area contributed by atoms with Gasteiger partial charge in [-0.1, -0.05) is 32.5 Å². The highest BCUT2D eigenvalue weighted by molar-refractivity contribution is 8.00. The Kier molecular flexibility index (Phi) is 5.44. The predicted octanol–water partition coefficient (Wildman–Crippen LogP) is 1.64. The van der Waals surface area contributed by atoms with Crippen LogP contribution in [0.15, 0.2) is 5.16 Å². The van der Waals surface area contributed by atoms with Crippen molar-refractivity contribution >= 4 is 17.7 Å². The van der Waals surface area contributed by atoms with Crippen LogP contribution in [0, 0.1) is 0 Å². The van der Waals surface area contributed by atoms with Crippen LogP contribution in [0.4, 0.5) is 0 Å². The molecule has 0 fully saturated rings. The molecule has 20 heavy (non-hydrogen) atoms. The van der Waals surface area contributed by atoms with Gasteiger partial charge in [-0.3, -0.25) is 4.79 Å². The van der Waals surface area contributed by atoms with Crippen LogP contribution in [0.25, 0.3) is 0 Å². The normalized spacial score (nSPS) is 13.3. The molecule has 7 heteroatoms. The number of nitrogen functional groups attached to an aromatic ring is 1. The van der Waals surface area contributed by atoms with E-state index in [4.69, 9.17) is 5.84 Å². The summed E-state index contributed by atoms with van der Waals surface area (Å²) in [4.78, 5) is 14.0. The number of nitrogens with two attached hydrogens (primary N) is 1. The number of carbonyl (C=O) groups excluding carboxylic acids is 1. The molecule has 6 nitrogen and oxygen atoms in total. The third-order valence-electron chi connectivity index (χ3n) is 3.04. The van der Waals surface area contributed by atoms with Gasteiger partial charge in [-0.15, -0.1) is 10.2 Å². The highest BCUT2D eigenvalue weighted by Crippen LogP contribution is 2.26. The summed E-state index contributed by atoms with van der Waals surface area (Å²) >= 11 is 1.35. The van der Waals surface area contributed by atoms with Crippen molar-refractivity contribution in [2.24, 2.45) is 0 Å². The third-order valence-corrected chi connectivity index (χ3v) is 4.08. The minimum absolute atomic E-state index is 0.0975. The maximum absolute atomic E-state index is 12.2. The fraction of sp³-hybridized carbons (Fsp3) is 0.769. The van der Waals surface area contributed by atoms with E-state index in [0.29, 0.717) is 24.1 Å². The van der Waals surface area contributed by atoms with Gasteiger partial charge in [-0.25, -0.2) is 4.68 Å². The van der Waals surface area contributed by atoms with Crippen LogP contribution in [-0.4, -0.2) is 44.0 Å². The van der Waals surface area contributed by atoms with Gasteiger partial charge < -0.3 is 10.7 Å². The number of amides is 1. The van der Waals surface area contributed by atoms with E-state index in [9.17, 15) is 4.79 Å². The van der Waals surface area contributed by atoms with Crippen molar-refractivity contribution in [3.63, 3.8) is 0 Å². The zero-order valence-corrected chi connectivity index (χ0v) is 14.0. The molecule has 2 N–H and O–H groups in total. The molecule has 1 rings (SSSR count). The minimum atomic E-state index is -0.228. The van der Waals surface area contributed by atoms with E-state index in [-0.39, 0.29) is 16.6 Å². The van der Waals surface area contributed by atoms with Gasteiger partial charge >= 0.3 is 0 Å². The van der Waals surface area contributed by atoms with Crippen molar-refractivity contribution in [3.05, 3.63) is 5.82 Å². The molecule has 0 aliphatic heterocycles. The Morgan fingerprint density at radius 1 is 1.35 bits per heavy atom. The summed E-state index contributed by atoms with van der Waals surface area (Å²) in [5.74, 6) is 6.83. The largest absolute Gasteiger partial charge is 0.342 e. The number of hydrogen-bond donors (Lipinski definition) is 1. The molecular weight excluding hydrogens is 274 g/mol. The van der Waals surface area contributed by atoms with Crippen molar-refractivity contribution in [1.29, 1.82) is 0 Å². The summed E-state index contributed by atoms with van der Waals surface area (Å²) in [7, 11) is 0. The summed E-state index contributed by atoms with van der Waals surface area (Å²) < 4.78 is 1.48. The minimum Gasteiger partial charge on any atom is -0.342 e. The molecule has 0 aliphatic rings. The molecule has 0 saturated heterocycles. The van der Waals surface area contributed by atoms with Crippen LogP contribution in [0.5, 0.6) is 0 Å². The summed E-state index contributed by atoms with van der Waals surface area (Å²) in [5.41, 5.74) is -0.174. The van der Waals surface area contributed by atoms with E-state index in [1.165, 1.54) is 16.4 Å². The first-order valence-corrected chi connectivity index (χ1v) is 7.76. The Balaban J connectivity index is 2.84. The number of thioether (sulfide) groups is 1. The Morgan fingerprint density at radius 3 is 2.30 bits per heavy atom. The number of carbonyl (C=O) groups is 1. The first-order valence-electron chi connectivity index (χ1n) is 6.88. The molecule has 114 valence electrons. The van der Waals surface area contributed by atoms with Crippen molar-refractivity contribution in [2.75, 3.05) is 18.9 Å². The molecule has 1 amide bonds.